The van der Waals surface area contributed by atoms with Crippen LogP contribution in [-0.4, -0.2) is 4.57 Å². The molecule has 10 aromatic rings. The molecule has 0 unspecified atom stereocenters. The highest BCUT2D eigenvalue weighted by Crippen LogP contribution is 2.44. The van der Waals surface area contributed by atoms with Gasteiger partial charge in [-0.15, -0.1) is 0 Å². The summed E-state index contributed by atoms with van der Waals surface area (Å²) in [6.45, 7) is 0. The van der Waals surface area contributed by atoms with E-state index in [1.807, 2.05) is 0 Å². The van der Waals surface area contributed by atoms with Crippen molar-refractivity contribution in [3.8, 4) is 27.9 Å². The summed E-state index contributed by atoms with van der Waals surface area (Å²) in [5, 5.41) is 7.72. The molecule has 1 aliphatic rings. The van der Waals surface area contributed by atoms with Gasteiger partial charge in [-0.1, -0.05) is 152 Å². The summed E-state index contributed by atoms with van der Waals surface area (Å²) in [6.07, 6.45) is 8.93. The SMILES string of the molecule is C1=CCCC(c2c3ccccc3c(-c3ccc(N(c4ccccc4)c4ccc(-c5ccc6c(c5)c5ccccc5n6-c5ccccc5)cc4)cc3)c3ccccc23)=C1. The van der Waals surface area contributed by atoms with Crippen molar-refractivity contribution in [1.29, 1.82) is 0 Å². The summed E-state index contributed by atoms with van der Waals surface area (Å²) in [4.78, 5) is 2.35. The number of hydrogen-bond donors (Lipinski definition) is 0. The van der Waals surface area contributed by atoms with Crippen LogP contribution in [0.5, 0.6) is 0 Å². The summed E-state index contributed by atoms with van der Waals surface area (Å²) in [6, 6.07) is 73.0. The molecule has 9 aromatic carbocycles. The summed E-state index contributed by atoms with van der Waals surface area (Å²) < 4.78 is 2.37. The Bertz CT molecular complexity index is 3130. The van der Waals surface area contributed by atoms with Crippen molar-refractivity contribution in [2.45, 2.75) is 12.8 Å². The molecule has 2 heteroatoms. The van der Waals surface area contributed by atoms with E-state index in [0.29, 0.717) is 0 Å². The molecular formula is C56H40N2. The first-order chi connectivity index (χ1) is 28.8. The molecule has 0 saturated carbocycles. The van der Waals surface area contributed by atoms with E-state index in [1.165, 1.54) is 82.4 Å². The van der Waals surface area contributed by atoms with Gasteiger partial charge in [-0.2, -0.15) is 0 Å². The van der Waals surface area contributed by atoms with E-state index in [0.717, 1.165) is 29.9 Å². The number of fused-ring (bicyclic) bond motifs is 5. The van der Waals surface area contributed by atoms with Gasteiger partial charge in [0, 0.05) is 33.5 Å². The first-order valence-corrected chi connectivity index (χ1v) is 20.2. The van der Waals surface area contributed by atoms with Gasteiger partial charge < -0.3 is 9.47 Å². The van der Waals surface area contributed by atoms with Gasteiger partial charge >= 0.3 is 0 Å². The van der Waals surface area contributed by atoms with E-state index in [4.69, 9.17) is 0 Å². The molecule has 0 spiro atoms. The second-order valence-electron chi connectivity index (χ2n) is 15.2. The lowest BCUT2D eigenvalue weighted by molar-refractivity contribution is 1.06. The summed E-state index contributed by atoms with van der Waals surface area (Å²) in [7, 11) is 0. The first-order valence-electron chi connectivity index (χ1n) is 20.2. The Morgan fingerprint density at radius 1 is 0.379 bits per heavy atom. The number of allylic oxidation sites excluding steroid dienone is 4. The highest BCUT2D eigenvalue weighted by atomic mass is 15.1. The molecule has 0 saturated heterocycles. The normalized spacial score (nSPS) is 12.7. The molecule has 0 atom stereocenters. The third kappa shape index (κ3) is 5.73. The van der Waals surface area contributed by atoms with Crippen LogP contribution in [-0.2, 0) is 0 Å². The fourth-order valence-electron chi connectivity index (χ4n) is 9.21. The number of benzene rings is 9. The number of aromatic nitrogens is 1. The van der Waals surface area contributed by atoms with Crippen molar-refractivity contribution in [2.24, 2.45) is 0 Å². The molecule has 0 radical (unpaired) electrons. The minimum Gasteiger partial charge on any atom is -0.311 e. The second-order valence-corrected chi connectivity index (χ2v) is 15.2. The van der Waals surface area contributed by atoms with Crippen molar-refractivity contribution in [2.75, 3.05) is 4.90 Å². The quantitative estimate of drug-likeness (QED) is 0.148. The van der Waals surface area contributed by atoms with E-state index in [-0.39, 0.29) is 0 Å². The average molecular weight is 741 g/mol. The predicted molar refractivity (Wildman–Crippen MR) is 248 cm³/mol. The molecule has 1 heterocycles. The maximum Gasteiger partial charge on any atom is 0.0541 e. The van der Waals surface area contributed by atoms with Crippen molar-refractivity contribution in [3.05, 3.63) is 224 Å². The Kier molecular flexibility index (Phi) is 8.33. The fraction of sp³-hybridized carbons (Fsp3) is 0.0357. The zero-order chi connectivity index (χ0) is 38.4. The summed E-state index contributed by atoms with van der Waals surface area (Å²) in [5.41, 5.74) is 14.6. The Balaban J connectivity index is 0.985. The van der Waals surface area contributed by atoms with E-state index in [2.05, 4.69) is 228 Å². The van der Waals surface area contributed by atoms with Gasteiger partial charge in [-0.05, 0) is 135 Å². The lowest BCUT2D eigenvalue weighted by Gasteiger charge is -2.26. The average Bonchev–Trinajstić information content (AvgIpc) is 3.63. The van der Waals surface area contributed by atoms with Gasteiger partial charge in [0.2, 0.25) is 0 Å². The van der Waals surface area contributed by atoms with E-state index < -0.39 is 0 Å². The van der Waals surface area contributed by atoms with E-state index >= 15 is 0 Å². The lowest BCUT2D eigenvalue weighted by Crippen LogP contribution is -2.09. The molecule has 0 N–H and O–H groups in total. The predicted octanol–water partition coefficient (Wildman–Crippen LogP) is 15.6. The van der Waals surface area contributed by atoms with Crippen LogP contribution in [0.3, 0.4) is 0 Å². The minimum atomic E-state index is 1.06. The second kappa shape index (κ2) is 14.3. The topological polar surface area (TPSA) is 8.17 Å². The molecule has 1 aromatic heterocycles. The Labute approximate surface area is 338 Å². The molecule has 0 aliphatic heterocycles. The molecule has 11 rings (SSSR count). The number of rotatable bonds is 7. The molecule has 0 bridgehead atoms. The van der Waals surface area contributed by atoms with Crippen molar-refractivity contribution in [3.63, 3.8) is 0 Å². The van der Waals surface area contributed by atoms with Gasteiger partial charge in [-0.25, -0.2) is 0 Å². The zero-order valence-corrected chi connectivity index (χ0v) is 32.1. The van der Waals surface area contributed by atoms with Crippen LogP contribution in [0, 0.1) is 0 Å². The molecular weight excluding hydrogens is 701 g/mol. The summed E-state index contributed by atoms with van der Waals surface area (Å²) >= 11 is 0. The maximum atomic E-state index is 2.37. The molecule has 58 heavy (non-hydrogen) atoms. The van der Waals surface area contributed by atoms with Crippen molar-refractivity contribution in [1.82, 2.24) is 4.57 Å². The van der Waals surface area contributed by atoms with Crippen LogP contribution in [0.4, 0.5) is 17.1 Å². The monoisotopic (exact) mass is 740 g/mol. The van der Waals surface area contributed by atoms with Crippen molar-refractivity contribution >= 4 is 66.0 Å². The lowest BCUT2D eigenvalue weighted by atomic mass is 9.84. The third-order valence-electron chi connectivity index (χ3n) is 11.8. The summed E-state index contributed by atoms with van der Waals surface area (Å²) in [5.74, 6) is 0. The molecule has 274 valence electrons. The number of nitrogens with zero attached hydrogens (tertiary/aromatic N) is 2. The fourth-order valence-corrected chi connectivity index (χ4v) is 9.21. The standard InChI is InChI=1S/C56H40N2/c1-4-16-40(17-5-1)55-48-23-10-12-25-50(48)56(51-26-13-11-24-49(51)55)41-30-35-46(36-31-41)57(43-18-6-2-7-19-43)45-33-28-39(29-34-45)42-32-37-54-52(38-42)47-22-14-15-27-53(47)58(54)44-20-8-3-9-21-44/h1-4,6-16,18-38H,5,17H2. The largest absolute Gasteiger partial charge is 0.311 e. The highest BCUT2D eigenvalue weighted by molar-refractivity contribution is 6.19. The maximum absolute atomic E-state index is 2.37. The Morgan fingerprint density at radius 2 is 0.879 bits per heavy atom. The van der Waals surface area contributed by atoms with Crippen molar-refractivity contribution < 1.29 is 0 Å². The highest BCUT2D eigenvalue weighted by Gasteiger charge is 2.19. The molecule has 0 fully saturated rings. The Hall–Kier alpha value is -7.42. The van der Waals surface area contributed by atoms with Gasteiger partial charge in [0.15, 0.2) is 0 Å². The Morgan fingerprint density at radius 3 is 1.50 bits per heavy atom. The van der Waals surface area contributed by atoms with Gasteiger partial charge in [0.1, 0.15) is 0 Å². The minimum absolute atomic E-state index is 1.06. The van der Waals surface area contributed by atoms with Crippen LogP contribution < -0.4 is 4.90 Å². The number of anilines is 3. The molecule has 2 nitrogen and oxygen atoms in total. The van der Waals surface area contributed by atoms with Crippen LogP contribution in [0.2, 0.25) is 0 Å². The number of para-hydroxylation sites is 3. The molecule has 1 aliphatic carbocycles. The van der Waals surface area contributed by atoms with Crippen LogP contribution in [0.1, 0.15) is 18.4 Å². The van der Waals surface area contributed by atoms with E-state index in [1.54, 1.807) is 0 Å². The van der Waals surface area contributed by atoms with E-state index in [9.17, 15) is 0 Å². The van der Waals surface area contributed by atoms with Crippen LogP contribution in [0.25, 0.3) is 76.9 Å². The zero-order valence-electron chi connectivity index (χ0n) is 32.1. The van der Waals surface area contributed by atoms with Crippen LogP contribution >= 0.6 is 0 Å². The van der Waals surface area contributed by atoms with Gasteiger partial charge in [0.05, 0.1) is 11.0 Å². The number of hydrogen-bond acceptors (Lipinski definition) is 1. The molecule has 0 amide bonds. The third-order valence-corrected chi connectivity index (χ3v) is 11.8. The van der Waals surface area contributed by atoms with Gasteiger partial charge in [0.25, 0.3) is 0 Å². The van der Waals surface area contributed by atoms with Gasteiger partial charge in [-0.3, -0.25) is 0 Å². The first kappa shape index (κ1) is 33.9. The van der Waals surface area contributed by atoms with Crippen LogP contribution in [0.15, 0.2) is 218 Å². The smallest absolute Gasteiger partial charge is 0.0541 e.